The third kappa shape index (κ3) is 3.94. The topological polar surface area (TPSA) is 64.7 Å². The maximum atomic E-state index is 10.6. The second-order valence-electron chi connectivity index (χ2n) is 6.65. The molecule has 1 N–H and O–H groups in total. The number of aromatic hydroxyl groups is 1. The third-order valence-electron chi connectivity index (χ3n) is 4.70. The van der Waals surface area contributed by atoms with Crippen molar-refractivity contribution in [2.45, 2.75) is 13.5 Å². The Morgan fingerprint density at radius 1 is 0.931 bits per heavy atom. The largest absolute Gasteiger partial charge is 0.507 e. The molecule has 29 heavy (non-hydrogen) atoms. The number of nitrogens with zero attached hydrogens (tertiary/aromatic N) is 1. The second-order valence-corrected chi connectivity index (χ2v) is 6.65. The number of phenolic OH excluding ortho intramolecular Hbond substituents is 1. The highest BCUT2D eigenvalue weighted by Crippen LogP contribution is 2.40. The number of aromatic nitrogens is 1. The first-order valence-corrected chi connectivity index (χ1v) is 9.26. The van der Waals surface area contributed by atoms with Crippen LogP contribution in [0.3, 0.4) is 0 Å². The first kappa shape index (κ1) is 18.6. The van der Waals surface area contributed by atoms with E-state index in [2.05, 4.69) is 5.16 Å². The van der Waals surface area contributed by atoms with Gasteiger partial charge >= 0.3 is 0 Å². The number of methoxy groups -OCH3 is 1. The van der Waals surface area contributed by atoms with Crippen LogP contribution in [-0.2, 0) is 6.61 Å². The van der Waals surface area contributed by atoms with Crippen LogP contribution in [0.2, 0.25) is 0 Å². The van der Waals surface area contributed by atoms with Gasteiger partial charge in [0.2, 0.25) is 0 Å². The molecule has 5 heteroatoms. The summed E-state index contributed by atoms with van der Waals surface area (Å²) in [5.74, 6) is 1.94. The molecule has 146 valence electrons. The van der Waals surface area contributed by atoms with Crippen molar-refractivity contribution in [1.29, 1.82) is 0 Å². The Bertz CT molecular complexity index is 1100. The van der Waals surface area contributed by atoms with Crippen LogP contribution >= 0.6 is 0 Å². The molecule has 5 nitrogen and oxygen atoms in total. The van der Waals surface area contributed by atoms with Gasteiger partial charge in [0.1, 0.15) is 23.9 Å². The fraction of sp³-hybridized carbons (Fsp3) is 0.125. The molecular weight excluding hydrogens is 366 g/mol. The molecule has 1 aromatic heterocycles. The van der Waals surface area contributed by atoms with Crippen LogP contribution in [0.1, 0.15) is 11.3 Å². The van der Waals surface area contributed by atoms with E-state index >= 15 is 0 Å². The number of ether oxygens (including phenoxy) is 2. The van der Waals surface area contributed by atoms with Gasteiger partial charge in [-0.05, 0) is 42.3 Å². The summed E-state index contributed by atoms with van der Waals surface area (Å²) in [5, 5.41) is 14.7. The SMILES string of the molecule is COc1ccc(-c2c(C)noc2-c2ccc(OCc3ccccc3)cc2O)cc1. The monoisotopic (exact) mass is 387 g/mol. The molecule has 0 saturated heterocycles. The number of hydrogen-bond donors (Lipinski definition) is 1. The molecule has 0 fully saturated rings. The molecular formula is C24H21NO4. The summed E-state index contributed by atoms with van der Waals surface area (Å²) in [6.45, 7) is 2.30. The van der Waals surface area contributed by atoms with Crippen molar-refractivity contribution in [3.8, 4) is 39.7 Å². The lowest BCUT2D eigenvalue weighted by atomic mass is 9.99. The van der Waals surface area contributed by atoms with Crippen molar-refractivity contribution in [2.75, 3.05) is 7.11 Å². The predicted octanol–water partition coefficient (Wildman–Crippen LogP) is 5.61. The van der Waals surface area contributed by atoms with E-state index in [1.165, 1.54) is 0 Å². The lowest BCUT2D eigenvalue weighted by Crippen LogP contribution is -1.95. The fourth-order valence-corrected chi connectivity index (χ4v) is 3.19. The number of benzene rings is 3. The van der Waals surface area contributed by atoms with Gasteiger partial charge in [-0.2, -0.15) is 0 Å². The summed E-state index contributed by atoms with van der Waals surface area (Å²) < 4.78 is 16.6. The van der Waals surface area contributed by atoms with Crippen LogP contribution in [0.5, 0.6) is 17.2 Å². The van der Waals surface area contributed by atoms with Gasteiger partial charge in [-0.3, -0.25) is 0 Å². The number of aryl methyl sites for hydroxylation is 1. The smallest absolute Gasteiger partial charge is 0.178 e. The Hall–Kier alpha value is -3.73. The van der Waals surface area contributed by atoms with Crippen molar-refractivity contribution >= 4 is 0 Å². The Kier molecular flexibility index (Phi) is 5.20. The van der Waals surface area contributed by atoms with Crippen molar-refractivity contribution in [3.05, 3.63) is 84.1 Å². The van der Waals surface area contributed by atoms with E-state index in [0.29, 0.717) is 23.7 Å². The summed E-state index contributed by atoms with van der Waals surface area (Å²) in [5.41, 5.74) is 4.13. The normalized spacial score (nSPS) is 10.7. The van der Waals surface area contributed by atoms with Gasteiger partial charge < -0.3 is 19.1 Å². The zero-order valence-corrected chi connectivity index (χ0v) is 16.3. The van der Waals surface area contributed by atoms with E-state index in [-0.39, 0.29) is 5.75 Å². The molecule has 0 radical (unpaired) electrons. The molecule has 4 rings (SSSR count). The van der Waals surface area contributed by atoms with Gasteiger partial charge in [-0.15, -0.1) is 0 Å². The van der Waals surface area contributed by atoms with Gasteiger partial charge in [-0.1, -0.05) is 47.6 Å². The van der Waals surface area contributed by atoms with Crippen molar-refractivity contribution in [3.63, 3.8) is 0 Å². The molecule has 0 spiro atoms. The number of hydrogen-bond acceptors (Lipinski definition) is 5. The Morgan fingerprint density at radius 3 is 2.34 bits per heavy atom. The van der Waals surface area contributed by atoms with Gasteiger partial charge in [-0.25, -0.2) is 0 Å². The molecule has 3 aromatic carbocycles. The van der Waals surface area contributed by atoms with Crippen LogP contribution in [0.15, 0.2) is 77.3 Å². The minimum Gasteiger partial charge on any atom is -0.507 e. The molecule has 0 atom stereocenters. The van der Waals surface area contributed by atoms with Gasteiger partial charge in [0.05, 0.1) is 23.9 Å². The molecule has 0 unspecified atom stereocenters. The summed E-state index contributed by atoms with van der Waals surface area (Å²) >= 11 is 0. The minimum atomic E-state index is 0.0708. The van der Waals surface area contributed by atoms with Crippen LogP contribution in [0.4, 0.5) is 0 Å². The summed E-state index contributed by atoms with van der Waals surface area (Å²) in [6, 6.07) is 22.7. The highest BCUT2D eigenvalue weighted by molar-refractivity contribution is 5.84. The van der Waals surface area contributed by atoms with Gasteiger partial charge in [0.15, 0.2) is 5.76 Å². The molecule has 0 amide bonds. The standard InChI is InChI=1S/C24H21NO4/c1-16-23(18-8-10-19(27-2)11-9-18)24(29-25-16)21-13-12-20(14-22(21)26)28-15-17-6-4-3-5-7-17/h3-14,26H,15H2,1-2H3. The maximum absolute atomic E-state index is 10.6. The Morgan fingerprint density at radius 2 is 1.66 bits per heavy atom. The molecule has 0 saturated carbocycles. The van der Waals surface area contributed by atoms with Crippen LogP contribution < -0.4 is 9.47 Å². The highest BCUT2D eigenvalue weighted by Gasteiger charge is 2.20. The van der Waals surface area contributed by atoms with Crippen LogP contribution in [-0.4, -0.2) is 17.4 Å². The fourth-order valence-electron chi connectivity index (χ4n) is 3.19. The van der Waals surface area contributed by atoms with E-state index in [1.807, 2.05) is 67.6 Å². The van der Waals surface area contributed by atoms with E-state index in [4.69, 9.17) is 14.0 Å². The minimum absolute atomic E-state index is 0.0708. The molecule has 0 bridgehead atoms. The second kappa shape index (κ2) is 8.10. The third-order valence-corrected chi connectivity index (χ3v) is 4.70. The quantitative estimate of drug-likeness (QED) is 0.466. The first-order chi connectivity index (χ1) is 14.2. The number of phenols is 1. The lowest BCUT2D eigenvalue weighted by Gasteiger charge is -2.10. The Balaban J connectivity index is 1.62. The average molecular weight is 387 g/mol. The number of rotatable bonds is 6. The first-order valence-electron chi connectivity index (χ1n) is 9.26. The molecule has 0 aliphatic carbocycles. The summed E-state index contributed by atoms with van der Waals surface area (Å²) in [6.07, 6.45) is 0. The summed E-state index contributed by atoms with van der Waals surface area (Å²) in [7, 11) is 1.63. The van der Waals surface area contributed by atoms with Gasteiger partial charge in [0.25, 0.3) is 0 Å². The van der Waals surface area contributed by atoms with Gasteiger partial charge in [0, 0.05) is 6.07 Å². The highest BCUT2D eigenvalue weighted by atomic mass is 16.5. The zero-order valence-electron chi connectivity index (χ0n) is 16.3. The van der Waals surface area contributed by atoms with Crippen molar-refractivity contribution in [1.82, 2.24) is 5.16 Å². The van der Waals surface area contributed by atoms with Crippen LogP contribution in [0, 0.1) is 6.92 Å². The Labute approximate surface area is 169 Å². The van der Waals surface area contributed by atoms with E-state index in [0.717, 1.165) is 28.1 Å². The average Bonchev–Trinajstić information content (AvgIpc) is 3.14. The van der Waals surface area contributed by atoms with E-state index in [9.17, 15) is 5.11 Å². The van der Waals surface area contributed by atoms with E-state index < -0.39 is 0 Å². The molecule has 0 aliphatic heterocycles. The lowest BCUT2D eigenvalue weighted by molar-refractivity contribution is 0.304. The molecule has 0 aliphatic rings. The van der Waals surface area contributed by atoms with Crippen molar-refractivity contribution in [2.24, 2.45) is 0 Å². The molecule has 1 heterocycles. The molecule has 4 aromatic rings. The predicted molar refractivity (Wildman–Crippen MR) is 111 cm³/mol. The van der Waals surface area contributed by atoms with Crippen molar-refractivity contribution < 1.29 is 19.1 Å². The zero-order chi connectivity index (χ0) is 20.2. The summed E-state index contributed by atoms with van der Waals surface area (Å²) in [4.78, 5) is 0. The maximum Gasteiger partial charge on any atom is 0.178 e. The van der Waals surface area contributed by atoms with E-state index in [1.54, 1.807) is 19.2 Å². The van der Waals surface area contributed by atoms with Crippen LogP contribution in [0.25, 0.3) is 22.5 Å².